The van der Waals surface area contributed by atoms with Crippen molar-refractivity contribution in [2.45, 2.75) is 18.8 Å². The van der Waals surface area contributed by atoms with Crippen molar-refractivity contribution in [1.82, 2.24) is 9.97 Å². The first-order chi connectivity index (χ1) is 13.9. The van der Waals surface area contributed by atoms with E-state index < -0.39 is 23.5 Å². The largest absolute Gasteiger partial charge is 0.438 e. The molecule has 0 bridgehead atoms. The third-order valence-corrected chi connectivity index (χ3v) is 4.49. The van der Waals surface area contributed by atoms with E-state index in [1.54, 1.807) is 12.1 Å². The minimum atomic E-state index is -4.58. The van der Waals surface area contributed by atoms with Gasteiger partial charge in [0.05, 0.1) is 21.8 Å². The summed E-state index contributed by atoms with van der Waals surface area (Å²) in [5.74, 6) is 0.0456. The summed E-state index contributed by atoms with van der Waals surface area (Å²) in [4.78, 5) is 7.34. The van der Waals surface area contributed by atoms with Gasteiger partial charge in [-0.2, -0.15) is 26.3 Å². The van der Waals surface area contributed by atoms with Gasteiger partial charge in [-0.1, -0.05) is 35.3 Å². The summed E-state index contributed by atoms with van der Waals surface area (Å²) in [5.41, 5.74) is -1.02. The van der Waals surface area contributed by atoms with Crippen LogP contribution in [0.5, 0.6) is 11.6 Å². The number of hydrogen-bond donors (Lipinski definition) is 0. The second-order valence-electron chi connectivity index (χ2n) is 6.08. The van der Waals surface area contributed by atoms with E-state index in [4.69, 9.17) is 27.9 Å². The molecule has 0 amide bonds. The summed E-state index contributed by atoms with van der Waals surface area (Å²) in [6.45, 7) is 0. The Kier molecular flexibility index (Phi) is 6.14. The highest BCUT2D eigenvalue weighted by molar-refractivity contribution is 6.32. The van der Waals surface area contributed by atoms with Gasteiger partial charge < -0.3 is 4.74 Å². The van der Waals surface area contributed by atoms with Crippen LogP contribution in [0.15, 0.2) is 48.8 Å². The van der Waals surface area contributed by atoms with Gasteiger partial charge >= 0.3 is 12.4 Å². The molecule has 3 rings (SSSR count). The molecule has 0 aliphatic rings. The van der Waals surface area contributed by atoms with Crippen LogP contribution in [0.1, 0.15) is 22.4 Å². The van der Waals surface area contributed by atoms with Gasteiger partial charge in [0.2, 0.25) is 5.88 Å². The van der Waals surface area contributed by atoms with Crippen molar-refractivity contribution in [2.75, 3.05) is 0 Å². The van der Waals surface area contributed by atoms with Crippen molar-refractivity contribution in [3.63, 3.8) is 0 Å². The molecule has 0 saturated carbocycles. The number of hydrogen-bond acceptors (Lipinski definition) is 3. The molecule has 11 heteroatoms. The highest BCUT2D eigenvalue weighted by Crippen LogP contribution is 2.35. The number of alkyl halides is 6. The average Bonchev–Trinajstić information content (AvgIpc) is 2.65. The number of pyridine rings is 2. The van der Waals surface area contributed by atoms with E-state index in [2.05, 4.69) is 9.97 Å². The molecule has 0 N–H and O–H groups in total. The van der Waals surface area contributed by atoms with E-state index in [1.165, 1.54) is 12.1 Å². The quantitative estimate of drug-likeness (QED) is 0.381. The summed E-state index contributed by atoms with van der Waals surface area (Å²) in [5, 5.41) is -0.430. The minimum absolute atomic E-state index is 0.120. The number of benzene rings is 1. The van der Waals surface area contributed by atoms with Gasteiger partial charge in [0.25, 0.3) is 0 Å². The zero-order valence-electron chi connectivity index (χ0n) is 14.7. The molecule has 2 heterocycles. The normalized spacial score (nSPS) is 12.1. The molecular weight excluding hydrogens is 457 g/mol. The van der Waals surface area contributed by atoms with Crippen molar-refractivity contribution in [1.29, 1.82) is 0 Å². The molecule has 30 heavy (non-hydrogen) atoms. The van der Waals surface area contributed by atoms with E-state index in [9.17, 15) is 26.3 Å². The van der Waals surface area contributed by atoms with Crippen LogP contribution in [0.25, 0.3) is 0 Å². The first kappa shape index (κ1) is 22.2. The monoisotopic (exact) mass is 466 g/mol. The van der Waals surface area contributed by atoms with Crippen LogP contribution in [0.2, 0.25) is 10.0 Å². The number of rotatable bonds is 4. The fourth-order valence-corrected chi connectivity index (χ4v) is 2.83. The number of aromatic nitrogens is 2. The van der Waals surface area contributed by atoms with Crippen LogP contribution in [-0.4, -0.2) is 9.97 Å². The van der Waals surface area contributed by atoms with Crippen LogP contribution in [0, 0.1) is 0 Å². The number of ether oxygens (including phenoxy) is 1. The Morgan fingerprint density at radius 3 is 1.80 bits per heavy atom. The van der Waals surface area contributed by atoms with Crippen molar-refractivity contribution in [3.8, 4) is 11.6 Å². The second kappa shape index (κ2) is 8.31. The Balaban J connectivity index is 1.72. The third-order valence-electron chi connectivity index (χ3n) is 3.89. The fourth-order valence-electron chi connectivity index (χ4n) is 2.39. The summed E-state index contributed by atoms with van der Waals surface area (Å²) >= 11 is 11.7. The molecular formula is C19H10Cl2F6N2O. The van der Waals surface area contributed by atoms with Crippen LogP contribution < -0.4 is 4.74 Å². The lowest BCUT2D eigenvalue weighted by molar-refractivity contribution is -0.138. The van der Waals surface area contributed by atoms with E-state index in [0.717, 1.165) is 6.07 Å². The Morgan fingerprint density at radius 2 is 1.30 bits per heavy atom. The molecule has 0 saturated heterocycles. The third kappa shape index (κ3) is 5.34. The van der Waals surface area contributed by atoms with Crippen molar-refractivity contribution in [3.05, 3.63) is 81.2 Å². The maximum atomic E-state index is 12.7. The summed E-state index contributed by atoms with van der Waals surface area (Å²) in [7, 11) is 0. The molecule has 2 aromatic heterocycles. The Morgan fingerprint density at radius 1 is 0.767 bits per heavy atom. The molecule has 0 atom stereocenters. The highest BCUT2D eigenvalue weighted by Gasteiger charge is 2.32. The van der Waals surface area contributed by atoms with Gasteiger partial charge in [-0.15, -0.1) is 0 Å². The van der Waals surface area contributed by atoms with Crippen LogP contribution >= 0.6 is 23.2 Å². The van der Waals surface area contributed by atoms with Gasteiger partial charge in [-0.25, -0.2) is 4.98 Å². The molecule has 0 spiro atoms. The summed E-state index contributed by atoms with van der Waals surface area (Å²) < 4.78 is 81.4. The maximum absolute atomic E-state index is 12.7. The smallest absolute Gasteiger partial charge is 0.417 e. The van der Waals surface area contributed by atoms with Crippen LogP contribution in [0.4, 0.5) is 26.3 Å². The zero-order valence-corrected chi connectivity index (χ0v) is 16.2. The average molecular weight is 467 g/mol. The van der Waals surface area contributed by atoms with E-state index in [1.807, 2.05) is 0 Å². The molecule has 0 fully saturated rings. The van der Waals surface area contributed by atoms with Gasteiger partial charge in [0, 0.05) is 18.8 Å². The van der Waals surface area contributed by atoms with E-state index in [0.29, 0.717) is 24.0 Å². The first-order valence-electron chi connectivity index (χ1n) is 8.14. The van der Waals surface area contributed by atoms with Gasteiger partial charge in [0.15, 0.2) is 0 Å². The fraction of sp³-hybridized carbons (Fsp3) is 0.158. The SMILES string of the molecule is FC(F)(F)c1cnc(Cc2ccc(Oc3ncc(C(F)(F)F)cc3Cl)cc2)c(Cl)c1. The molecule has 0 aliphatic carbocycles. The lowest BCUT2D eigenvalue weighted by atomic mass is 10.1. The molecule has 3 aromatic rings. The van der Waals surface area contributed by atoms with Gasteiger partial charge in [-0.05, 0) is 29.8 Å². The highest BCUT2D eigenvalue weighted by atomic mass is 35.5. The molecule has 0 radical (unpaired) electrons. The predicted molar refractivity (Wildman–Crippen MR) is 97.8 cm³/mol. The standard InChI is InChI=1S/C19H10Cl2F6N2O/c20-14-6-11(18(22,23)24)8-28-16(14)5-10-1-3-13(4-2-10)30-17-15(21)7-12(9-29-17)19(25,26)27/h1-4,6-9H,5H2. The zero-order chi connectivity index (χ0) is 22.1. The van der Waals surface area contributed by atoms with Crippen molar-refractivity contribution >= 4 is 23.2 Å². The topological polar surface area (TPSA) is 35.0 Å². The Labute approximate surface area is 176 Å². The Bertz CT molecular complexity index is 968. The summed E-state index contributed by atoms with van der Waals surface area (Å²) in [6, 6.07) is 7.72. The minimum Gasteiger partial charge on any atom is -0.438 e. The lowest BCUT2D eigenvalue weighted by Crippen LogP contribution is -2.07. The second-order valence-corrected chi connectivity index (χ2v) is 6.90. The van der Waals surface area contributed by atoms with Gasteiger partial charge in [0.1, 0.15) is 10.8 Å². The van der Waals surface area contributed by atoms with Crippen molar-refractivity contribution < 1.29 is 31.1 Å². The first-order valence-corrected chi connectivity index (χ1v) is 8.90. The molecule has 3 nitrogen and oxygen atoms in total. The molecule has 1 aromatic carbocycles. The molecule has 0 unspecified atom stereocenters. The lowest BCUT2D eigenvalue weighted by Gasteiger charge is -2.11. The Hall–Kier alpha value is -2.52. The van der Waals surface area contributed by atoms with E-state index >= 15 is 0 Å². The maximum Gasteiger partial charge on any atom is 0.417 e. The summed E-state index contributed by atoms with van der Waals surface area (Å²) in [6.07, 6.45) is -7.65. The van der Waals surface area contributed by atoms with Crippen LogP contribution in [-0.2, 0) is 18.8 Å². The predicted octanol–water partition coefficient (Wildman–Crippen LogP) is 7.20. The number of nitrogens with zero attached hydrogens (tertiary/aromatic N) is 2. The number of halogens is 8. The van der Waals surface area contributed by atoms with E-state index in [-0.39, 0.29) is 33.8 Å². The molecule has 0 aliphatic heterocycles. The molecule has 158 valence electrons. The van der Waals surface area contributed by atoms with Gasteiger partial charge in [-0.3, -0.25) is 4.98 Å². The van der Waals surface area contributed by atoms with Crippen LogP contribution in [0.3, 0.4) is 0 Å². The van der Waals surface area contributed by atoms with Crippen molar-refractivity contribution in [2.24, 2.45) is 0 Å².